The summed E-state index contributed by atoms with van der Waals surface area (Å²) in [6.07, 6.45) is 0. The van der Waals surface area contributed by atoms with Gasteiger partial charge in [-0.3, -0.25) is 0 Å². The van der Waals surface area contributed by atoms with Crippen LogP contribution in [0.3, 0.4) is 0 Å². The minimum atomic E-state index is 0.827. The van der Waals surface area contributed by atoms with Crippen LogP contribution in [0, 0.1) is 6.92 Å². The minimum Gasteiger partial charge on any atom is -0.497 e. The SMILES string of the molecule is COc1ccc(-c2cc3c(C)c(N)ccc3[nH]2)cc1. The van der Waals surface area contributed by atoms with Gasteiger partial charge in [-0.2, -0.15) is 0 Å². The van der Waals surface area contributed by atoms with Gasteiger partial charge in [0.15, 0.2) is 0 Å². The van der Waals surface area contributed by atoms with E-state index in [0.29, 0.717) is 0 Å². The normalized spacial score (nSPS) is 10.8. The van der Waals surface area contributed by atoms with E-state index in [1.807, 2.05) is 43.3 Å². The zero-order valence-corrected chi connectivity index (χ0v) is 11.0. The second-order valence-electron chi connectivity index (χ2n) is 4.65. The van der Waals surface area contributed by atoms with E-state index in [1.54, 1.807) is 7.11 Å². The zero-order valence-electron chi connectivity index (χ0n) is 11.0. The molecule has 19 heavy (non-hydrogen) atoms. The molecule has 2 aromatic carbocycles. The van der Waals surface area contributed by atoms with Crippen molar-refractivity contribution >= 4 is 16.6 Å². The Bertz CT molecular complexity index is 726. The minimum absolute atomic E-state index is 0.827. The maximum absolute atomic E-state index is 5.94. The molecule has 96 valence electrons. The van der Waals surface area contributed by atoms with Crippen LogP contribution in [0.4, 0.5) is 5.69 Å². The van der Waals surface area contributed by atoms with Gasteiger partial charge < -0.3 is 15.5 Å². The van der Waals surface area contributed by atoms with Gasteiger partial charge in [0.05, 0.1) is 7.11 Å². The summed E-state index contributed by atoms with van der Waals surface area (Å²) in [7, 11) is 1.67. The molecule has 0 aliphatic carbocycles. The third-order valence-corrected chi connectivity index (χ3v) is 3.52. The highest BCUT2D eigenvalue weighted by molar-refractivity contribution is 5.91. The van der Waals surface area contributed by atoms with Crippen molar-refractivity contribution in [2.24, 2.45) is 0 Å². The Morgan fingerprint density at radius 3 is 2.47 bits per heavy atom. The fourth-order valence-electron chi connectivity index (χ4n) is 2.29. The molecule has 0 radical (unpaired) electrons. The predicted octanol–water partition coefficient (Wildman–Crippen LogP) is 3.73. The van der Waals surface area contributed by atoms with Crippen molar-refractivity contribution in [2.75, 3.05) is 12.8 Å². The Morgan fingerprint density at radius 2 is 1.79 bits per heavy atom. The predicted molar refractivity (Wildman–Crippen MR) is 79.4 cm³/mol. The fourth-order valence-corrected chi connectivity index (χ4v) is 2.29. The topological polar surface area (TPSA) is 51.0 Å². The van der Waals surface area contributed by atoms with Crippen molar-refractivity contribution in [3.05, 3.63) is 48.0 Å². The van der Waals surface area contributed by atoms with Gasteiger partial charge in [-0.15, -0.1) is 0 Å². The summed E-state index contributed by atoms with van der Waals surface area (Å²) in [5, 5.41) is 1.17. The Balaban J connectivity index is 2.12. The summed E-state index contributed by atoms with van der Waals surface area (Å²) < 4.78 is 5.17. The molecule has 0 saturated carbocycles. The first kappa shape index (κ1) is 11.7. The number of anilines is 1. The molecular formula is C16H16N2O. The molecule has 3 heteroatoms. The third kappa shape index (κ3) is 1.93. The summed E-state index contributed by atoms with van der Waals surface area (Å²) in [6, 6.07) is 14.1. The van der Waals surface area contributed by atoms with Crippen LogP contribution in [0.25, 0.3) is 22.2 Å². The molecule has 1 heterocycles. The van der Waals surface area contributed by atoms with Crippen molar-refractivity contribution in [1.29, 1.82) is 0 Å². The number of nitrogens with two attached hydrogens (primary N) is 1. The van der Waals surface area contributed by atoms with Crippen LogP contribution < -0.4 is 10.5 Å². The van der Waals surface area contributed by atoms with E-state index in [9.17, 15) is 0 Å². The molecule has 3 N–H and O–H groups in total. The van der Waals surface area contributed by atoms with Gasteiger partial charge in [0.25, 0.3) is 0 Å². The van der Waals surface area contributed by atoms with Gasteiger partial charge >= 0.3 is 0 Å². The van der Waals surface area contributed by atoms with Gasteiger partial charge in [0.1, 0.15) is 5.75 Å². The molecular weight excluding hydrogens is 236 g/mol. The van der Waals surface area contributed by atoms with Crippen molar-refractivity contribution < 1.29 is 4.74 Å². The van der Waals surface area contributed by atoms with E-state index in [1.165, 1.54) is 5.39 Å². The van der Waals surface area contributed by atoms with Crippen LogP contribution in [0.1, 0.15) is 5.56 Å². The van der Waals surface area contributed by atoms with Crippen LogP contribution in [0.5, 0.6) is 5.75 Å². The number of aromatic amines is 1. The van der Waals surface area contributed by atoms with Gasteiger partial charge in [0.2, 0.25) is 0 Å². The smallest absolute Gasteiger partial charge is 0.118 e. The number of aromatic nitrogens is 1. The number of aryl methyl sites for hydroxylation is 1. The molecule has 0 bridgehead atoms. The monoisotopic (exact) mass is 252 g/mol. The molecule has 1 aromatic heterocycles. The second-order valence-corrected chi connectivity index (χ2v) is 4.65. The molecule has 0 unspecified atom stereocenters. The van der Waals surface area contributed by atoms with Gasteiger partial charge in [-0.25, -0.2) is 0 Å². The summed E-state index contributed by atoms with van der Waals surface area (Å²) in [5.74, 6) is 0.861. The first-order valence-corrected chi connectivity index (χ1v) is 6.21. The lowest BCUT2D eigenvalue weighted by atomic mass is 10.1. The van der Waals surface area contributed by atoms with Crippen LogP contribution in [-0.4, -0.2) is 12.1 Å². The average Bonchev–Trinajstić information content (AvgIpc) is 2.88. The highest BCUT2D eigenvalue weighted by atomic mass is 16.5. The Morgan fingerprint density at radius 1 is 1.05 bits per heavy atom. The van der Waals surface area contributed by atoms with Gasteiger partial charge in [0, 0.05) is 22.3 Å². The van der Waals surface area contributed by atoms with Crippen LogP contribution in [-0.2, 0) is 0 Å². The van der Waals surface area contributed by atoms with Gasteiger partial charge in [-0.1, -0.05) is 0 Å². The van der Waals surface area contributed by atoms with Crippen LogP contribution in [0.15, 0.2) is 42.5 Å². The first-order valence-electron chi connectivity index (χ1n) is 6.21. The molecule has 0 aliphatic heterocycles. The van der Waals surface area contributed by atoms with E-state index in [2.05, 4.69) is 11.1 Å². The standard InChI is InChI=1S/C16H16N2O/c1-10-13-9-16(18-15(13)8-7-14(10)17)11-3-5-12(19-2)6-4-11/h3-9,18H,17H2,1-2H3. The Labute approximate surface area is 112 Å². The molecule has 3 rings (SSSR count). The maximum atomic E-state index is 5.94. The zero-order chi connectivity index (χ0) is 13.4. The molecule has 0 spiro atoms. The van der Waals surface area contributed by atoms with E-state index >= 15 is 0 Å². The van der Waals surface area contributed by atoms with Crippen molar-refractivity contribution in [3.63, 3.8) is 0 Å². The van der Waals surface area contributed by atoms with E-state index in [4.69, 9.17) is 10.5 Å². The van der Waals surface area contributed by atoms with E-state index in [0.717, 1.165) is 33.8 Å². The highest BCUT2D eigenvalue weighted by Crippen LogP contribution is 2.29. The summed E-state index contributed by atoms with van der Waals surface area (Å²) >= 11 is 0. The third-order valence-electron chi connectivity index (χ3n) is 3.52. The number of hydrogen-bond acceptors (Lipinski definition) is 2. The fraction of sp³-hybridized carbons (Fsp3) is 0.125. The number of ether oxygens (including phenoxy) is 1. The van der Waals surface area contributed by atoms with Crippen molar-refractivity contribution in [3.8, 4) is 17.0 Å². The number of methoxy groups -OCH3 is 1. The van der Waals surface area contributed by atoms with Crippen LogP contribution in [0.2, 0.25) is 0 Å². The number of benzene rings is 2. The van der Waals surface area contributed by atoms with Crippen molar-refractivity contribution in [2.45, 2.75) is 6.92 Å². The molecule has 0 atom stereocenters. The van der Waals surface area contributed by atoms with Gasteiger partial charge in [-0.05, 0) is 60.5 Å². The number of rotatable bonds is 2. The number of H-pyrrole nitrogens is 1. The Kier molecular flexibility index (Phi) is 2.67. The lowest BCUT2D eigenvalue weighted by Crippen LogP contribution is -1.88. The lowest BCUT2D eigenvalue weighted by molar-refractivity contribution is 0.415. The number of fused-ring (bicyclic) bond motifs is 1. The summed E-state index contributed by atoms with van der Waals surface area (Å²) in [5.41, 5.74) is 11.2. The van der Waals surface area contributed by atoms with Crippen molar-refractivity contribution in [1.82, 2.24) is 4.98 Å². The number of nitrogen functional groups attached to an aromatic ring is 1. The molecule has 0 aliphatic rings. The van der Waals surface area contributed by atoms with E-state index in [-0.39, 0.29) is 0 Å². The molecule has 0 saturated heterocycles. The molecule has 0 fully saturated rings. The number of hydrogen-bond donors (Lipinski definition) is 2. The maximum Gasteiger partial charge on any atom is 0.118 e. The quantitative estimate of drug-likeness (QED) is 0.683. The average molecular weight is 252 g/mol. The molecule has 3 aromatic rings. The first-order chi connectivity index (χ1) is 9.19. The lowest BCUT2D eigenvalue weighted by Gasteiger charge is -2.01. The molecule has 0 amide bonds. The Hall–Kier alpha value is -2.42. The van der Waals surface area contributed by atoms with Crippen LogP contribution >= 0.6 is 0 Å². The summed E-state index contributed by atoms with van der Waals surface area (Å²) in [4.78, 5) is 3.42. The molecule has 3 nitrogen and oxygen atoms in total. The number of nitrogens with one attached hydrogen (secondary N) is 1. The summed E-state index contributed by atoms with van der Waals surface area (Å²) in [6.45, 7) is 2.04. The highest BCUT2D eigenvalue weighted by Gasteiger charge is 2.07. The van der Waals surface area contributed by atoms with E-state index < -0.39 is 0 Å². The second kappa shape index (κ2) is 4.35. The largest absolute Gasteiger partial charge is 0.497 e.